The van der Waals surface area contributed by atoms with Crippen molar-refractivity contribution in [3.05, 3.63) is 35.4 Å². The molecule has 0 unspecified atom stereocenters. The van der Waals surface area contributed by atoms with Gasteiger partial charge in [-0.15, -0.1) is 0 Å². The second kappa shape index (κ2) is 11.5. The van der Waals surface area contributed by atoms with Gasteiger partial charge in [0.15, 0.2) is 0 Å². The molecule has 7 nitrogen and oxygen atoms in total. The van der Waals surface area contributed by atoms with Crippen LogP contribution in [-0.4, -0.2) is 82.3 Å². The molecule has 1 N–H and O–H groups in total. The zero-order valence-electron chi connectivity index (χ0n) is 25.0. The van der Waals surface area contributed by atoms with E-state index in [1.807, 2.05) is 39.5 Å². The normalized spacial score (nSPS) is 25.5. The third-order valence-electron chi connectivity index (χ3n) is 7.99. The van der Waals surface area contributed by atoms with E-state index in [-0.39, 0.29) is 40.8 Å². The molecule has 2 saturated heterocycles. The van der Waals surface area contributed by atoms with E-state index in [1.165, 1.54) is 19.1 Å². The van der Waals surface area contributed by atoms with Crippen molar-refractivity contribution in [2.24, 2.45) is 11.3 Å². The smallest absolute Gasteiger partial charge is 0.245 e. The largest absolute Gasteiger partial charge is 0.345 e. The van der Waals surface area contributed by atoms with Crippen LogP contribution in [-0.2, 0) is 14.4 Å². The number of halogens is 2. The molecule has 5 atom stereocenters. The average Bonchev–Trinajstić information content (AvgIpc) is 3.23. The number of carbonyl (C=O) groups excluding carboxylic acids is 3. The summed E-state index contributed by atoms with van der Waals surface area (Å²) >= 11 is 0. The fourth-order valence-corrected chi connectivity index (χ4v) is 5.93. The Bertz CT molecular complexity index is 1080. The molecule has 2 fully saturated rings. The Hall–Kier alpha value is -2.55. The molecule has 2 heterocycles. The highest BCUT2D eigenvalue weighted by Gasteiger charge is 2.47. The molecule has 0 aromatic heterocycles. The van der Waals surface area contributed by atoms with Gasteiger partial charge in [-0.05, 0) is 58.1 Å². The fraction of sp³-hybridized carbons (Fsp3) is 0.700. The standard InChI is InChI=1S/C30H46F2N4O3/c1-18-15-36(28(39)26(33-20(3)37)13-29(4,5)6)19(2)14-35(18)27(38)24-17-34(30(7,8)9)16-23(24)22-11-10-21(31)12-25(22)32/h10-12,18-19,23-24,26H,13-17H2,1-9H3,(H,33,37)/t18-,19+,23-,24+,26-/m0/s1. The van der Waals surface area contributed by atoms with E-state index in [4.69, 9.17) is 0 Å². The maximum Gasteiger partial charge on any atom is 0.245 e. The van der Waals surface area contributed by atoms with Gasteiger partial charge in [0.25, 0.3) is 0 Å². The minimum absolute atomic E-state index is 0.0740. The number of benzene rings is 1. The summed E-state index contributed by atoms with van der Waals surface area (Å²) in [5, 5.41) is 2.82. The Labute approximate surface area is 232 Å². The zero-order chi connectivity index (χ0) is 29.4. The number of nitrogens with one attached hydrogen (secondary N) is 1. The number of likely N-dealkylation sites (tertiary alicyclic amines) is 1. The maximum absolute atomic E-state index is 14.9. The lowest BCUT2D eigenvalue weighted by atomic mass is 9.86. The molecule has 0 bridgehead atoms. The maximum atomic E-state index is 14.9. The van der Waals surface area contributed by atoms with Gasteiger partial charge in [0, 0.05) is 62.7 Å². The van der Waals surface area contributed by atoms with Crippen molar-refractivity contribution in [3.8, 4) is 0 Å². The third-order valence-corrected chi connectivity index (χ3v) is 7.99. The molecule has 3 rings (SSSR count). The molecule has 3 amide bonds. The quantitative estimate of drug-likeness (QED) is 0.600. The summed E-state index contributed by atoms with van der Waals surface area (Å²) in [6.45, 7) is 19.2. The Morgan fingerprint density at radius 1 is 0.949 bits per heavy atom. The summed E-state index contributed by atoms with van der Waals surface area (Å²) in [6.07, 6.45) is 0.501. The number of amides is 3. The van der Waals surface area contributed by atoms with Crippen LogP contribution in [0.3, 0.4) is 0 Å². The van der Waals surface area contributed by atoms with Gasteiger partial charge in [-0.25, -0.2) is 8.78 Å². The van der Waals surface area contributed by atoms with Gasteiger partial charge in [0.2, 0.25) is 17.7 Å². The molecular weight excluding hydrogens is 502 g/mol. The Morgan fingerprint density at radius 2 is 1.54 bits per heavy atom. The monoisotopic (exact) mass is 548 g/mol. The van der Waals surface area contributed by atoms with Crippen molar-refractivity contribution in [3.63, 3.8) is 0 Å². The molecule has 1 aromatic rings. The van der Waals surface area contributed by atoms with Crippen LogP contribution in [0.25, 0.3) is 0 Å². The summed E-state index contributed by atoms with van der Waals surface area (Å²) < 4.78 is 28.6. The summed E-state index contributed by atoms with van der Waals surface area (Å²) in [5.41, 5.74) is -0.0301. The first-order valence-corrected chi connectivity index (χ1v) is 14.0. The van der Waals surface area contributed by atoms with Crippen molar-refractivity contribution in [2.75, 3.05) is 26.2 Å². The second-order valence-corrected chi connectivity index (χ2v) is 13.7. The van der Waals surface area contributed by atoms with Gasteiger partial charge in [-0.2, -0.15) is 0 Å². The van der Waals surface area contributed by atoms with Gasteiger partial charge in [-0.1, -0.05) is 26.8 Å². The predicted molar refractivity (Wildman–Crippen MR) is 148 cm³/mol. The fourth-order valence-electron chi connectivity index (χ4n) is 5.93. The Kier molecular flexibility index (Phi) is 9.15. The van der Waals surface area contributed by atoms with E-state index >= 15 is 0 Å². The molecular formula is C30H46F2N4O3. The van der Waals surface area contributed by atoms with Gasteiger partial charge >= 0.3 is 0 Å². The molecule has 0 aliphatic carbocycles. The van der Waals surface area contributed by atoms with E-state index in [1.54, 1.807) is 4.90 Å². The highest BCUT2D eigenvalue weighted by atomic mass is 19.1. The molecule has 9 heteroatoms. The van der Waals surface area contributed by atoms with Crippen LogP contribution in [0.2, 0.25) is 0 Å². The lowest BCUT2D eigenvalue weighted by Crippen LogP contribution is -2.63. The topological polar surface area (TPSA) is 73.0 Å². The van der Waals surface area contributed by atoms with Gasteiger partial charge < -0.3 is 15.1 Å². The molecule has 2 aliphatic heterocycles. The molecule has 2 aliphatic rings. The highest BCUT2D eigenvalue weighted by Crippen LogP contribution is 2.39. The first-order valence-electron chi connectivity index (χ1n) is 14.0. The van der Waals surface area contributed by atoms with Crippen molar-refractivity contribution < 1.29 is 23.2 Å². The summed E-state index contributed by atoms with van der Waals surface area (Å²) in [6, 6.07) is 2.44. The lowest BCUT2D eigenvalue weighted by molar-refractivity contribution is -0.150. The predicted octanol–water partition coefficient (Wildman–Crippen LogP) is 4.17. The molecule has 218 valence electrons. The molecule has 0 saturated carbocycles. The molecule has 0 spiro atoms. The van der Waals surface area contributed by atoms with Crippen LogP contribution in [0.1, 0.15) is 80.2 Å². The SMILES string of the molecule is CC(=O)N[C@@H](CC(C)(C)C)C(=O)N1C[C@H](C)N(C(=O)[C@@H]2CN(C(C)(C)C)C[C@H]2c2ccc(F)cc2F)C[C@H]1C. The number of piperazine rings is 1. The van der Waals surface area contributed by atoms with Crippen LogP contribution in [0.4, 0.5) is 8.78 Å². The number of nitrogens with zero attached hydrogens (tertiary/aromatic N) is 3. The number of hydrogen-bond acceptors (Lipinski definition) is 4. The summed E-state index contributed by atoms with van der Waals surface area (Å²) in [5.74, 6) is -2.64. The molecule has 1 aromatic carbocycles. The molecule has 39 heavy (non-hydrogen) atoms. The average molecular weight is 549 g/mol. The van der Waals surface area contributed by atoms with Gasteiger partial charge in [0.1, 0.15) is 17.7 Å². The lowest BCUT2D eigenvalue weighted by Gasteiger charge is -2.46. The van der Waals surface area contributed by atoms with Crippen molar-refractivity contribution in [1.29, 1.82) is 0 Å². The van der Waals surface area contributed by atoms with Crippen molar-refractivity contribution >= 4 is 17.7 Å². The number of carbonyl (C=O) groups is 3. The first kappa shape index (κ1) is 31.0. The minimum Gasteiger partial charge on any atom is -0.345 e. The second-order valence-electron chi connectivity index (χ2n) is 13.7. The van der Waals surface area contributed by atoms with Crippen LogP contribution in [0, 0.1) is 23.0 Å². The van der Waals surface area contributed by atoms with Crippen molar-refractivity contribution in [1.82, 2.24) is 20.0 Å². The highest BCUT2D eigenvalue weighted by molar-refractivity contribution is 5.88. The van der Waals surface area contributed by atoms with E-state index in [9.17, 15) is 23.2 Å². The third kappa shape index (κ3) is 7.35. The van der Waals surface area contributed by atoms with Crippen LogP contribution in [0.15, 0.2) is 18.2 Å². The Morgan fingerprint density at radius 3 is 2.08 bits per heavy atom. The Balaban J connectivity index is 1.83. The molecule has 0 radical (unpaired) electrons. The van der Waals surface area contributed by atoms with Gasteiger partial charge in [-0.3, -0.25) is 19.3 Å². The van der Waals surface area contributed by atoms with E-state index in [2.05, 4.69) is 31.0 Å². The van der Waals surface area contributed by atoms with Crippen LogP contribution in [0.5, 0.6) is 0 Å². The minimum atomic E-state index is -0.642. The van der Waals surface area contributed by atoms with Crippen molar-refractivity contribution in [2.45, 2.75) is 98.3 Å². The van der Waals surface area contributed by atoms with Gasteiger partial charge in [0.05, 0.1) is 5.92 Å². The van der Waals surface area contributed by atoms with E-state index in [0.717, 1.165) is 6.07 Å². The van der Waals surface area contributed by atoms with E-state index in [0.29, 0.717) is 38.2 Å². The number of hydrogen-bond donors (Lipinski definition) is 1. The van der Waals surface area contributed by atoms with Crippen LogP contribution < -0.4 is 5.32 Å². The van der Waals surface area contributed by atoms with Crippen LogP contribution >= 0.6 is 0 Å². The first-order chi connectivity index (χ1) is 17.9. The summed E-state index contributed by atoms with van der Waals surface area (Å²) in [7, 11) is 0. The summed E-state index contributed by atoms with van der Waals surface area (Å²) in [4.78, 5) is 45.3. The zero-order valence-corrected chi connectivity index (χ0v) is 25.0. The van der Waals surface area contributed by atoms with E-state index < -0.39 is 29.5 Å². The number of rotatable bonds is 5.